The molecule has 25 heavy (non-hydrogen) atoms. The quantitative estimate of drug-likeness (QED) is 0.723. The van der Waals surface area contributed by atoms with Crippen LogP contribution in [0.15, 0.2) is 18.2 Å². The Kier molecular flexibility index (Phi) is 6.85. The summed E-state index contributed by atoms with van der Waals surface area (Å²) >= 11 is 6.16. The van der Waals surface area contributed by atoms with Gasteiger partial charge in [0.1, 0.15) is 0 Å². The van der Waals surface area contributed by atoms with Gasteiger partial charge in [0.25, 0.3) is 5.91 Å². The summed E-state index contributed by atoms with van der Waals surface area (Å²) in [5, 5.41) is 9.46. The fourth-order valence-electron chi connectivity index (χ4n) is 2.91. The molecule has 1 unspecified atom stereocenters. The van der Waals surface area contributed by atoms with Crippen LogP contribution in [-0.4, -0.2) is 31.4 Å². The zero-order chi connectivity index (χ0) is 18.4. The molecule has 0 bridgehead atoms. The minimum Gasteiger partial charge on any atom is -0.352 e. The van der Waals surface area contributed by atoms with Crippen molar-refractivity contribution in [3.8, 4) is 0 Å². The molecule has 1 aliphatic rings. The average Bonchev–Trinajstić information content (AvgIpc) is 3.00. The van der Waals surface area contributed by atoms with Gasteiger partial charge in [-0.25, -0.2) is 0 Å². The van der Waals surface area contributed by atoms with Crippen molar-refractivity contribution >= 4 is 29.1 Å². The number of benzene rings is 1. The number of amides is 2. The first kappa shape index (κ1) is 19.7. The predicted octanol–water partition coefficient (Wildman–Crippen LogP) is 3.44. The van der Waals surface area contributed by atoms with E-state index in [9.17, 15) is 9.59 Å². The Morgan fingerprint density at radius 3 is 2.72 bits per heavy atom. The fraction of sp³-hybridized carbons (Fsp3) is 0.579. The molecule has 3 N–H and O–H groups in total. The van der Waals surface area contributed by atoms with Crippen molar-refractivity contribution in [1.29, 1.82) is 0 Å². The fourth-order valence-corrected chi connectivity index (χ4v) is 3.11. The van der Waals surface area contributed by atoms with Gasteiger partial charge in [-0.3, -0.25) is 9.59 Å². The first-order valence-electron chi connectivity index (χ1n) is 8.83. The van der Waals surface area contributed by atoms with E-state index in [4.69, 9.17) is 11.6 Å². The van der Waals surface area contributed by atoms with Gasteiger partial charge in [-0.2, -0.15) is 0 Å². The Morgan fingerprint density at radius 2 is 2.08 bits per heavy atom. The van der Waals surface area contributed by atoms with Gasteiger partial charge in [0.15, 0.2) is 0 Å². The Morgan fingerprint density at radius 1 is 1.32 bits per heavy atom. The van der Waals surface area contributed by atoms with Gasteiger partial charge in [0.2, 0.25) is 5.91 Å². The third-order valence-electron chi connectivity index (χ3n) is 4.19. The van der Waals surface area contributed by atoms with Crippen molar-refractivity contribution in [2.75, 3.05) is 25.0 Å². The summed E-state index contributed by atoms with van der Waals surface area (Å²) in [6, 6.07) is 4.99. The Bertz CT molecular complexity index is 620. The molecule has 1 aliphatic heterocycles. The maximum absolute atomic E-state index is 12.4. The molecule has 0 aliphatic carbocycles. The van der Waals surface area contributed by atoms with E-state index in [1.54, 1.807) is 18.2 Å². The third-order valence-corrected chi connectivity index (χ3v) is 4.52. The molecule has 2 rings (SSSR count). The molecule has 0 saturated carbocycles. The summed E-state index contributed by atoms with van der Waals surface area (Å²) in [6.45, 7) is 8.72. The van der Waals surface area contributed by atoms with Gasteiger partial charge in [0.05, 0.1) is 10.6 Å². The molecule has 1 saturated heterocycles. The topological polar surface area (TPSA) is 70.2 Å². The third kappa shape index (κ3) is 6.67. The van der Waals surface area contributed by atoms with Crippen molar-refractivity contribution in [2.45, 2.75) is 40.0 Å². The highest BCUT2D eigenvalue weighted by atomic mass is 35.5. The van der Waals surface area contributed by atoms with Crippen LogP contribution >= 0.6 is 11.6 Å². The molecule has 1 fully saturated rings. The summed E-state index contributed by atoms with van der Waals surface area (Å²) in [6.07, 6.45) is 2.52. The molecule has 5 nitrogen and oxygen atoms in total. The van der Waals surface area contributed by atoms with Crippen molar-refractivity contribution in [2.24, 2.45) is 11.3 Å². The second kappa shape index (κ2) is 8.68. The zero-order valence-electron chi connectivity index (χ0n) is 15.2. The van der Waals surface area contributed by atoms with Crippen molar-refractivity contribution < 1.29 is 9.59 Å². The highest BCUT2D eigenvalue weighted by molar-refractivity contribution is 6.34. The molecule has 0 spiro atoms. The number of hydrogen-bond donors (Lipinski definition) is 3. The largest absolute Gasteiger partial charge is 0.352 e. The van der Waals surface area contributed by atoms with E-state index >= 15 is 0 Å². The van der Waals surface area contributed by atoms with E-state index in [0.29, 0.717) is 35.2 Å². The van der Waals surface area contributed by atoms with E-state index < -0.39 is 0 Å². The maximum atomic E-state index is 12.4. The second-order valence-electron chi connectivity index (χ2n) is 7.88. The molecule has 0 aromatic heterocycles. The normalized spacial score (nSPS) is 17.4. The summed E-state index contributed by atoms with van der Waals surface area (Å²) in [4.78, 5) is 24.4. The summed E-state index contributed by atoms with van der Waals surface area (Å²) in [7, 11) is 0. The van der Waals surface area contributed by atoms with Gasteiger partial charge >= 0.3 is 0 Å². The van der Waals surface area contributed by atoms with Gasteiger partial charge < -0.3 is 16.0 Å². The van der Waals surface area contributed by atoms with Gasteiger partial charge in [-0.1, -0.05) is 32.4 Å². The number of halogens is 1. The van der Waals surface area contributed by atoms with Crippen LogP contribution in [0, 0.1) is 11.3 Å². The van der Waals surface area contributed by atoms with Crippen LogP contribution in [0.25, 0.3) is 0 Å². The van der Waals surface area contributed by atoms with Crippen LogP contribution in [0.3, 0.4) is 0 Å². The van der Waals surface area contributed by atoms with Crippen LogP contribution in [0.4, 0.5) is 5.69 Å². The Labute approximate surface area is 154 Å². The lowest BCUT2D eigenvalue weighted by molar-refractivity contribution is -0.117. The molecular weight excluding hydrogens is 338 g/mol. The molecule has 6 heteroatoms. The van der Waals surface area contributed by atoms with E-state index in [2.05, 4.69) is 16.0 Å². The van der Waals surface area contributed by atoms with E-state index in [0.717, 1.165) is 25.9 Å². The monoisotopic (exact) mass is 365 g/mol. The van der Waals surface area contributed by atoms with Crippen LogP contribution in [0.2, 0.25) is 5.02 Å². The predicted molar refractivity (Wildman–Crippen MR) is 102 cm³/mol. The Balaban J connectivity index is 1.92. The van der Waals surface area contributed by atoms with Crippen LogP contribution in [-0.2, 0) is 4.79 Å². The average molecular weight is 366 g/mol. The number of rotatable bonds is 6. The van der Waals surface area contributed by atoms with E-state index in [-0.39, 0.29) is 17.2 Å². The number of carbonyl (C=O) groups excluding carboxylic acids is 2. The van der Waals surface area contributed by atoms with Gasteiger partial charge in [-0.15, -0.1) is 0 Å². The molecule has 138 valence electrons. The SMILES string of the molecule is CC(C)(C)CC(=O)Nc1ccc(Cl)c(C(=O)NCCC2CCNC2)c1. The highest BCUT2D eigenvalue weighted by Gasteiger charge is 2.18. The number of anilines is 1. The molecule has 1 atom stereocenters. The minimum absolute atomic E-state index is 0.0742. The van der Waals surface area contributed by atoms with E-state index in [1.165, 1.54) is 0 Å². The molecule has 2 amide bonds. The standard InChI is InChI=1S/C19H28ClN3O2/c1-19(2,3)11-17(24)23-14-4-5-16(20)15(10-14)18(25)22-9-7-13-6-8-21-12-13/h4-5,10,13,21H,6-9,11-12H2,1-3H3,(H,22,25)(H,23,24). The zero-order valence-corrected chi connectivity index (χ0v) is 16.0. The lowest BCUT2D eigenvalue weighted by Gasteiger charge is -2.17. The maximum Gasteiger partial charge on any atom is 0.252 e. The van der Waals surface area contributed by atoms with Crippen molar-refractivity contribution in [1.82, 2.24) is 10.6 Å². The van der Waals surface area contributed by atoms with Crippen LogP contribution in [0.1, 0.15) is 50.4 Å². The smallest absolute Gasteiger partial charge is 0.252 e. The lowest BCUT2D eigenvalue weighted by atomic mass is 9.92. The first-order valence-corrected chi connectivity index (χ1v) is 9.21. The Hall–Kier alpha value is -1.59. The summed E-state index contributed by atoms with van der Waals surface area (Å²) in [5.74, 6) is 0.344. The lowest BCUT2D eigenvalue weighted by Crippen LogP contribution is -2.27. The summed E-state index contributed by atoms with van der Waals surface area (Å²) in [5.41, 5.74) is 0.884. The highest BCUT2D eigenvalue weighted by Crippen LogP contribution is 2.23. The van der Waals surface area contributed by atoms with Crippen LogP contribution < -0.4 is 16.0 Å². The minimum atomic E-state index is -0.206. The number of hydrogen-bond acceptors (Lipinski definition) is 3. The number of nitrogens with one attached hydrogen (secondary N) is 3. The molecule has 0 radical (unpaired) electrons. The van der Waals surface area contributed by atoms with Gasteiger partial charge in [-0.05, 0) is 55.5 Å². The van der Waals surface area contributed by atoms with Crippen molar-refractivity contribution in [3.05, 3.63) is 28.8 Å². The summed E-state index contributed by atoms with van der Waals surface area (Å²) < 4.78 is 0. The molecule has 1 aromatic rings. The first-order chi connectivity index (χ1) is 11.7. The second-order valence-corrected chi connectivity index (χ2v) is 8.29. The van der Waals surface area contributed by atoms with Crippen molar-refractivity contribution in [3.63, 3.8) is 0 Å². The molecule has 1 aromatic carbocycles. The molecule has 1 heterocycles. The molecular formula is C19H28ClN3O2. The van der Waals surface area contributed by atoms with Gasteiger partial charge in [0, 0.05) is 18.7 Å². The van der Waals surface area contributed by atoms with Crippen LogP contribution in [0.5, 0.6) is 0 Å². The van der Waals surface area contributed by atoms with E-state index in [1.807, 2.05) is 20.8 Å². The number of carbonyl (C=O) groups is 2.